The minimum absolute atomic E-state index is 0.137. The third-order valence-electron chi connectivity index (χ3n) is 14.2. The Morgan fingerprint density at radius 2 is 0.855 bits per heavy atom. The second kappa shape index (κ2) is 26.9. The van der Waals surface area contributed by atoms with Gasteiger partial charge in [-0.2, -0.15) is 0 Å². The number of ether oxygens (including phenoxy) is 13. The number of benzene rings is 6. The fourth-order valence-corrected chi connectivity index (χ4v) is 10.2. The number of nitrogens with two attached hydrogens (primary N) is 1. The molecule has 0 spiro atoms. The molecule has 76 heavy (non-hydrogen) atoms. The maximum Gasteiger partial charge on any atom is 0.187 e. The highest BCUT2D eigenvalue weighted by atomic mass is 16.8. The molecule has 15 heteroatoms. The van der Waals surface area contributed by atoms with E-state index in [2.05, 4.69) is 0 Å². The standard InChI is InChI=1S/C61H69NO14/c1-40-50(65-34-41-21-9-3-10-22-41)55(57(69-38-45-29-17-7-18-30-45)60(71-40)75-53-49(62)59(64-2)73-48-39-70-58(74-52(48)53)46-31-19-8-20-32-46)76-61-56(68-37-44-27-15-6-16-28-44)54(67-36-43-25-13-5-14-26-43)51(47(33-63)72-61)66-35-42-23-11-4-12-24-42/h3-32,40,47-61,63H,33-39,62H2,1-2H3/t40-,47-,48+,49+,50-,51-,52+,53+,54+,55+,56+,57+,58?,59+,60-,61-/m0/s1. The van der Waals surface area contributed by atoms with E-state index in [1.54, 1.807) is 0 Å². The van der Waals surface area contributed by atoms with Crippen molar-refractivity contribution in [1.82, 2.24) is 0 Å². The van der Waals surface area contributed by atoms with E-state index in [1.165, 1.54) is 7.11 Å². The van der Waals surface area contributed by atoms with Gasteiger partial charge in [0.05, 0.1) is 58.4 Å². The van der Waals surface area contributed by atoms with Gasteiger partial charge in [-0.15, -0.1) is 0 Å². The van der Waals surface area contributed by atoms with Crippen molar-refractivity contribution in [1.29, 1.82) is 0 Å². The monoisotopic (exact) mass is 1040 g/mol. The lowest BCUT2D eigenvalue weighted by Crippen LogP contribution is -2.69. The molecule has 1 unspecified atom stereocenters. The van der Waals surface area contributed by atoms with Crippen LogP contribution in [0.4, 0.5) is 0 Å². The van der Waals surface area contributed by atoms with Crippen molar-refractivity contribution in [2.45, 2.75) is 138 Å². The summed E-state index contributed by atoms with van der Waals surface area (Å²) in [5, 5.41) is 11.3. The molecule has 4 fully saturated rings. The van der Waals surface area contributed by atoms with Crippen molar-refractivity contribution in [3.05, 3.63) is 215 Å². The van der Waals surface area contributed by atoms with Crippen molar-refractivity contribution in [2.75, 3.05) is 20.3 Å². The first-order valence-electron chi connectivity index (χ1n) is 26.2. The van der Waals surface area contributed by atoms with E-state index in [1.807, 2.05) is 189 Å². The summed E-state index contributed by atoms with van der Waals surface area (Å²) in [5.41, 5.74) is 12.5. The van der Waals surface area contributed by atoms with Gasteiger partial charge >= 0.3 is 0 Å². The minimum atomic E-state index is -1.21. The van der Waals surface area contributed by atoms with Crippen LogP contribution in [0, 0.1) is 0 Å². The van der Waals surface area contributed by atoms with Gasteiger partial charge in [0.25, 0.3) is 0 Å². The van der Waals surface area contributed by atoms with Crippen LogP contribution in [-0.2, 0) is 94.6 Å². The summed E-state index contributed by atoms with van der Waals surface area (Å²) in [6.07, 6.45) is -13.2. The average molecular weight is 1040 g/mol. The van der Waals surface area contributed by atoms with E-state index >= 15 is 0 Å². The summed E-state index contributed by atoms with van der Waals surface area (Å²) in [6, 6.07) is 58.1. The number of hydrogen-bond acceptors (Lipinski definition) is 15. The van der Waals surface area contributed by atoms with Gasteiger partial charge in [-0.3, -0.25) is 0 Å². The Hall–Kier alpha value is -5.28. The molecule has 3 N–H and O–H groups in total. The number of rotatable bonds is 22. The van der Waals surface area contributed by atoms with E-state index in [9.17, 15) is 5.11 Å². The summed E-state index contributed by atoms with van der Waals surface area (Å²) >= 11 is 0. The van der Waals surface area contributed by atoms with Crippen LogP contribution >= 0.6 is 0 Å². The number of methoxy groups -OCH3 is 1. The zero-order valence-electron chi connectivity index (χ0n) is 42.8. The predicted molar refractivity (Wildman–Crippen MR) is 279 cm³/mol. The SMILES string of the molecule is CO[C@@H]1O[C@@H]2COC(c3ccccc3)O[C@H]2[C@H](O[C@@H]2O[C@@H](C)[C@H](OCc3ccccc3)[C@@H](O[C@@H]3O[C@@H](CO)[C@H](OCc4ccccc4)[C@@H](OCc4ccccc4)[C@H]3OCc3ccccc3)[C@H]2OCc2ccccc2)[C@H]1N. The van der Waals surface area contributed by atoms with Crippen molar-refractivity contribution in [3.63, 3.8) is 0 Å². The molecule has 0 radical (unpaired) electrons. The Bertz CT molecular complexity index is 2590. The third kappa shape index (κ3) is 13.5. The smallest absolute Gasteiger partial charge is 0.187 e. The Morgan fingerprint density at radius 1 is 0.447 bits per heavy atom. The number of aliphatic hydroxyl groups excluding tert-OH is 1. The van der Waals surface area contributed by atoms with Crippen molar-refractivity contribution in [2.24, 2.45) is 5.73 Å². The van der Waals surface area contributed by atoms with E-state index in [0.717, 1.165) is 33.4 Å². The fourth-order valence-electron chi connectivity index (χ4n) is 10.2. The summed E-state index contributed by atoms with van der Waals surface area (Å²) in [7, 11) is 1.54. The summed E-state index contributed by atoms with van der Waals surface area (Å²) in [5.74, 6) is 0. The molecule has 10 rings (SSSR count). The Balaban J connectivity index is 1.03. The van der Waals surface area contributed by atoms with Crippen LogP contribution in [0.3, 0.4) is 0 Å². The molecule has 0 amide bonds. The molecule has 0 aromatic heterocycles. The maximum absolute atomic E-state index is 11.3. The molecule has 4 saturated heterocycles. The average Bonchev–Trinajstić information content (AvgIpc) is 3.48. The molecule has 402 valence electrons. The van der Waals surface area contributed by atoms with Gasteiger partial charge in [-0.1, -0.05) is 182 Å². The number of fused-ring (bicyclic) bond motifs is 1. The summed E-state index contributed by atoms with van der Waals surface area (Å²) < 4.78 is 88.4. The highest BCUT2D eigenvalue weighted by molar-refractivity contribution is 5.19. The molecule has 0 bridgehead atoms. The van der Waals surface area contributed by atoms with Crippen LogP contribution in [0.1, 0.15) is 46.6 Å². The molecule has 0 aliphatic carbocycles. The maximum atomic E-state index is 11.3. The Labute approximate surface area is 444 Å². The van der Waals surface area contributed by atoms with E-state index in [-0.39, 0.29) is 39.6 Å². The van der Waals surface area contributed by atoms with Crippen LogP contribution in [0.15, 0.2) is 182 Å². The fraction of sp³-hybridized carbons (Fsp3) is 0.410. The molecular weight excluding hydrogens is 971 g/mol. The lowest BCUT2D eigenvalue weighted by molar-refractivity contribution is -0.394. The molecule has 4 heterocycles. The Morgan fingerprint density at radius 3 is 1.33 bits per heavy atom. The van der Waals surface area contributed by atoms with Gasteiger partial charge in [0, 0.05) is 12.7 Å². The lowest BCUT2D eigenvalue weighted by atomic mass is 9.94. The van der Waals surface area contributed by atoms with Gasteiger partial charge in [-0.05, 0) is 34.7 Å². The zero-order chi connectivity index (χ0) is 52.1. The lowest BCUT2D eigenvalue weighted by Gasteiger charge is -2.52. The topological polar surface area (TPSA) is 166 Å². The molecule has 15 nitrogen and oxygen atoms in total. The molecule has 4 aliphatic rings. The molecule has 0 saturated carbocycles. The summed E-state index contributed by atoms with van der Waals surface area (Å²) in [6.45, 7) is 2.62. The first-order valence-corrected chi connectivity index (χ1v) is 26.2. The molecule has 6 aromatic carbocycles. The van der Waals surface area contributed by atoms with Gasteiger partial charge in [0.1, 0.15) is 61.0 Å². The molecular formula is C61H69NO14. The van der Waals surface area contributed by atoms with E-state index in [0.29, 0.717) is 0 Å². The highest BCUT2D eigenvalue weighted by Crippen LogP contribution is 2.40. The number of aliphatic hydroxyl groups is 1. The predicted octanol–water partition coefficient (Wildman–Crippen LogP) is 7.96. The third-order valence-corrected chi connectivity index (χ3v) is 14.2. The van der Waals surface area contributed by atoms with Gasteiger partial charge in [-0.25, -0.2) is 0 Å². The van der Waals surface area contributed by atoms with Gasteiger partial charge < -0.3 is 72.4 Å². The first kappa shape index (κ1) is 54.1. The van der Waals surface area contributed by atoms with Gasteiger partial charge in [0.2, 0.25) is 0 Å². The highest BCUT2D eigenvalue weighted by Gasteiger charge is 2.57. The van der Waals surface area contributed by atoms with Crippen molar-refractivity contribution < 1.29 is 66.7 Å². The van der Waals surface area contributed by atoms with E-state index in [4.69, 9.17) is 67.3 Å². The Kier molecular flexibility index (Phi) is 19.1. The van der Waals surface area contributed by atoms with Crippen LogP contribution in [0.2, 0.25) is 0 Å². The van der Waals surface area contributed by atoms with Crippen LogP contribution in [0.25, 0.3) is 0 Å². The second-order valence-electron chi connectivity index (χ2n) is 19.5. The molecule has 6 aromatic rings. The zero-order valence-corrected chi connectivity index (χ0v) is 42.8. The first-order chi connectivity index (χ1) is 37.4. The normalized spacial score (nSPS) is 31.6. The second-order valence-corrected chi connectivity index (χ2v) is 19.5. The molecule has 16 atom stereocenters. The van der Waals surface area contributed by atoms with Crippen molar-refractivity contribution >= 4 is 0 Å². The van der Waals surface area contributed by atoms with Crippen LogP contribution in [0.5, 0.6) is 0 Å². The quantitative estimate of drug-likeness (QED) is 0.0672. The molecule has 4 aliphatic heterocycles. The van der Waals surface area contributed by atoms with Gasteiger partial charge in [0.15, 0.2) is 25.2 Å². The minimum Gasteiger partial charge on any atom is -0.394 e. The number of hydrogen-bond donors (Lipinski definition) is 2. The van der Waals surface area contributed by atoms with E-state index < -0.39 is 105 Å². The van der Waals surface area contributed by atoms with Crippen LogP contribution < -0.4 is 5.73 Å². The van der Waals surface area contributed by atoms with Crippen molar-refractivity contribution in [3.8, 4) is 0 Å². The van der Waals surface area contributed by atoms with Crippen LogP contribution in [-0.4, -0.2) is 117 Å². The largest absolute Gasteiger partial charge is 0.394 e. The summed E-state index contributed by atoms with van der Waals surface area (Å²) in [4.78, 5) is 0.